The molecule has 4 bridgehead atoms. The second kappa shape index (κ2) is 23.3. The van der Waals surface area contributed by atoms with Gasteiger partial charge in [0.25, 0.3) is 0 Å². The Morgan fingerprint density at radius 3 is 2.67 bits per heavy atom. The average molecular weight is 1000 g/mol. The zero-order valence-electron chi connectivity index (χ0n) is 43.6. The van der Waals surface area contributed by atoms with Gasteiger partial charge in [0.15, 0.2) is 29.3 Å². The molecule has 2 aromatic carbocycles. The van der Waals surface area contributed by atoms with Crippen molar-refractivity contribution in [3.8, 4) is 47.0 Å². The summed E-state index contributed by atoms with van der Waals surface area (Å²) in [7, 11) is 5.23. The minimum atomic E-state index is -0.979. The van der Waals surface area contributed by atoms with Gasteiger partial charge in [-0.05, 0) is 179 Å². The summed E-state index contributed by atoms with van der Waals surface area (Å²) in [5.74, 6) is 10.4. The zero-order valence-corrected chi connectivity index (χ0v) is 43.6. The maximum absolute atomic E-state index is 15.7. The van der Waals surface area contributed by atoms with E-state index >= 15 is 4.79 Å². The van der Waals surface area contributed by atoms with Crippen LogP contribution in [0.1, 0.15) is 121 Å². The Labute approximate surface area is 433 Å². The van der Waals surface area contributed by atoms with Crippen molar-refractivity contribution >= 4 is 17.4 Å². The fraction of sp³-hybridized carbons (Fsp3) is 0.633. The van der Waals surface area contributed by atoms with E-state index in [1.807, 2.05) is 25.3 Å². The highest BCUT2D eigenvalue weighted by molar-refractivity contribution is 5.97. The van der Waals surface area contributed by atoms with Gasteiger partial charge in [-0.15, -0.1) is 0 Å². The molecule has 0 saturated heterocycles. The number of nitrogens with zero attached hydrogens (tertiary/aromatic N) is 1. The number of aliphatic imine (C=N–C) groups is 1. The van der Waals surface area contributed by atoms with E-state index in [1.165, 1.54) is 0 Å². The number of hydrogen-bond donors (Lipinski definition) is 7. The SMILES string of the molecule is CCC1C=CC2C(C1)C1C=CC(=O)C3(Cc4ccc(O)c(OC)c4)CCCC3CC#CNC(=NC)Nc3cc(cc4c3OC#CCC3CC(CNC)(CC3CC(O)OCCCO)O4)C13CCCC3C2CCCO. The van der Waals surface area contributed by atoms with Crippen molar-refractivity contribution in [2.45, 2.75) is 133 Å². The van der Waals surface area contributed by atoms with Crippen molar-refractivity contribution in [2.75, 3.05) is 52.9 Å². The van der Waals surface area contributed by atoms with Gasteiger partial charge in [-0.1, -0.05) is 55.9 Å². The molecule has 4 saturated carbocycles. The van der Waals surface area contributed by atoms with E-state index in [-0.39, 0.29) is 72.8 Å². The van der Waals surface area contributed by atoms with Gasteiger partial charge in [-0.3, -0.25) is 15.1 Å². The highest BCUT2D eigenvalue weighted by Crippen LogP contribution is 2.66. The highest BCUT2D eigenvalue weighted by Gasteiger charge is 2.61. The Balaban J connectivity index is 1.23. The molecule has 4 fully saturated rings. The number of guanidine groups is 1. The Morgan fingerprint density at radius 1 is 1.03 bits per heavy atom. The Bertz CT molecular complexity index is 2500. The lowest BCUT2D eigenvalue weighted by atomic mass is 9.46. The summed E-state index contributed by atoms with van der Waals surface area (Å²) >= 11 is 0. The molecule has 2 aromatic rings. The number of rotatable bonds is 15. The van der Waals surface area contributed by atoms with Crippen molar-refractivity contribution in [1.82, 2.24) is 10.6 Å². The summed E-state index contributed by atoms with van der Waals surface area (Å²) in [5.41, 5.74) is 0.898. The van der Waals surface area contributed by atoms with Gasteiger partial charge < -0.3 is 50.0 Å². The maximum atomic E-state index is 15.7. The van der Waals surface area contributed by atoms with Crippen LogP contribution in [-0.4, -0.2) is 91.6 Å². The number of allylic oxidation sites excluding steroid dienone is 4. The van der Waals surface area contributed by atoms with Gasteiger partial charge in [0.2, 0.25) is 11.7 Å². The average Bonchev–Trinajstić information content (AvgIpc) is 4.11. The standard InChI is InChI=1S/C60H80N4O9/c1-5-39-17-19-45-46(15-9-26-65)48-16-7-24-60(48)44-33-50(56-53(34-44)73-58(38-61-2)36-41(12-10-28-72-56)42(37-58)32-55(69)71-29-11-27-66)64-57(62-3)63-25-8-14-43-13-6-23-59(43,54(68)22-20-49(60)47(45)30-39)35-40-18-21-51(67)52(31-40)70-4/h17-22,31,33-34,39,41-43,45-49,55,61,65-67,69H,5-7,9,11-16,23-24,26-27,29-30,32,35-38H2,1-4H3,(H2,62,63,64). The molecular formula is C60H80N4O9. The first-order valence-corrected chi connectivity index (χ1v) is 27.5. The fourth-order valence-corrected chi connectivity index (χ4v) is 15.4. The van der Waals surface area contributed by atoms with Crippen molar-refractivity contribution in [2.24, 2.45) is 63.7 Å². The molecule has 9 rings (SSSR count). The largest absolute Gasteiger partial charge is 0.504 e. The minimum absolute atomic E-state index is 0.00161. The maximum Gasteiger partial charge on any atom is 0.207 e. The van der Waals surface area contributed by atoms with Gasteiger partial charge in [0, 0.05) is 62.9 Å². The number of fused-ring (bicyclic) bond motifs is 9. The van der Waals surface area contributed by atoms with Gasteiger partial charge in [0.1, 0.15) is 11.7 Å². The first-order valence-electron chi connectivity index (χ1n) is 27.5. The van der Waals surface area contributed by atoms with Crippen LogP contribution in [0, 0.1) is 82.7 Å². The van der Waals surface area contributed by atoms with Crippen molar-refractivity contribution in [3.05, 3.63) is 65.8 Å². The Morgan fingerprint density at radius 2 is 1.88 bits per heavy atom. The van der Waals surface area contributed by atoms with Crippen molar-refractivity contribution in [3.63, 3.8) is 0 Å². The van der Waals surface area contributed by atoms with E-state index in [9.17, 15) is 20.4 Å². The van der Waals surface area contributed by atoms with E-state index in [0.29, 0.717) is 92.2 Å². The number of anilines is 1. The number of carbonyl (C=O) groups is 1. The normalized spacial score (nSPS) is 34.2. The van der Waals surface area contributed by atoms with E-state index < -0.39 is 22.7 Å². The van der Waals surface area contributed by atoms with Crippen LogP contribution in [0.4, 0.5) is 5.69 Å². The summed E-state index contributed by atoms with van der Waals surface area (Å²) in [4.78, 5) is 20.4. The molecule has 73 heavy (non-hydrogen) atoms. The predicted molar refractivity (Wildman–Crippen MR) is 283 cm³/mol. The number of nitrogens with one attached hydrogen (secondary N) is 3. The fourth-order valence-electron chi connectivity index (χ4n) is 15.4. The van der Waals surface area contributed by atoms with Crippen LogP contribution in [0.3, 0.4) is 0 Å². The predicted octanol–water partition coefficient (Wildman–Crippen LogP) is 8.40. The second-order valence-electron chi connectivity index (χ2n) is 22.4. The van der Waals surface area contributed by atoms with Crippen LogP contribution in [0.5, 0.6) is 23.0 Å². The molecule has 394 valence electrons. The summed E-state index contributed by atoms with van der Waals surface area (Å²) < 4.78 is 25.5. The number of aliphatic hydroxyl groups excluding tert-OH is 3. The smallest absolute Gasteiger partial charge is 0.207 e. The Hall–Kier alpha value is -5.02. The number of methoxy groups -OCH3 is 1. The molecule has 0 radical (unpaired) electrons. The highest BCUT2D eigenvalue weighted by atomic mass is 16.6. The van der Waals surface area contributed by atoms with Crippen LogP contribution < -0.4 is 30.2 Å². The Kier molecular flexibility index (Phi) is 16.8. The van der Waals surface area contributed by atoms with Gasteiger partial charge in [-0.25, -0.2) is 0 Å². The molecule has 13 unspecified atom stereocenters. The molecule has 13 heteroatoms. The van der Waals surface area contributed by atoms with Crippen LogP contribution in [-0.2, 0) is 21.4 Å². The molecule has 1 spiro atoms. The topological polar surface area (TPSA) is 183 Å². The number of phenolic OH excluding ortho intramolecular Hbond substituents is 1. The third kappa shape index (κ3) is 10.6. The number of ether oxygens (including phenoxy) is 4. The van der Waals surface area contributed by atoms with Crippen molar-refractivity contribution in [1.29, 1.82) is 0 Å². The lowest BCUT2D eigenvalue weighted by Gasteiger charge is -2.58. The van der Waals surface area contributed by atoms with Gasteiger partial charge in [-0.2, -0.15) is 0 Å². The molecule has 7 N–H and O–H groups in total. The lowest BCUT2D eigenvalue weighted by molar-refractivity contribution is -0.125. The zero-order chi connectivity index (χ0) is 51.2. The van der Waals surface area contributed by atoms with Crippen LogP contribution in [0.15, 0.2) is 59.6 Å². The minimum Gasteiger partial charge on any atom is -0.504 e. The molecular weight excluding hydrogens is 921 g/mol. The molecule has 13 atom stereocenters. The van der Waals surface area contributed by atoms with Crippen LogP contribution >= 0.6 is 0 Å². The number of aliphatic hydroxyl groups is 3. The van der Waals surface area contributed by atoms with E-state index in [4.69, 9.17) is 18.9 Å². The molecule has 13 nitrogen and oxygen atoms in total. The van der Waals surface area contributed by atoms with E-state index in [0.717, 1.165) is 75.3 Å². The number of likely N-dealkylation sites (N-methyl/N-ethyl adjacent to an activating group) is 1. The lowest BCUT2D eigenvalue weighted by Crippen LogP contribution is -2.54. The van der Waals surface area contributed by atoms with E-state index in [1.54, 1.807) is 20.2 Å². The molecule has 0 aromatic heterocycles. The molecule has 7 aliphatic rings. The van der Waals surface area contributed by atoms with Crippen molar-refractivity contribution < 1.29 is 44.2 Å². The first-order chi connectivity index (χ1) is 35.5. The number of hydrogen-bond acceptors (Lipinski definition) is 11. The summed E-state index contributed by atoms with van der Waals surface area (Å²) in [5, 5.41) is 51.9. The second-order valence-corrected chi connectivity index (χ2v) is 22.4. The summed E-state index contributed by atoms with van der Waals surface area (Å²) in [6, 6.07) is 13.1. The summed E-state index contributed by atoms with van der Waals surface area (Å²) in [6.45, 7) is 3.25. The third-order valence-electron chi connectivity index (χ3n) is 18.5. The third-order valence-corrected chi connectivity index (χ3v) is 18.5. The molecule has 5 aliphatic carbocycles. The number of benzene rings is 2. The van der Waals surface area contributed by atoms with Crippen LogP contribution in [0.25, 0.3) is 0 Å². The van der Waals surface area contributed by atoms with E-state index in [2.05, 4.69) is 82.2 Å². The quantitative estimate of drug-likeness (QED) is 0.0392. The monoisotopic (exact) mass is 1000 g/mol. The summed E-state index contributed by atoms with van der Waals surface area (Å²) in [6.07, 6.45) is 24.3. The molecule has 2 heterocycles. The van der Waals surface area contributed by atoms with Gasteiger partial charge in [0.05, 0.1) is 19.4 Å². The van der Waals surface area contributed by atoms with Crippen LogP contribution in [0.2, 0.25) is 0 Å². The molecule has 2 aliphatic heterocycles. The number of carbonyl (C=O) groups excluding carboxylic acids is 1. The molecule has 0 amide bonds. The van der Waals surface area contributed by atoms with Gasteiger partial charge >= 0.3 is 0 Å². The first kappa shape index (κ1) is 52.8. The number of phenols is 1. The number of ketones is 1. The number of aromatic hydroxyl groups is 1.